The van der Waals surface area contributed by atoms with Gasteiger partial charge in [0.15, 0.2) is 0 Å². The molecule has 2 N–H and O–H groups in total. The fourth-order valence-electron chi connectivity index (χ4n) is 1.31. The molecule has 102 valence electrons. The average molecular weight is 265 g/mol. The Bertz CT molecular complexity index is 478. The van der Waals surface area contributed by atoms with Crippen LogP contribution < -0.4 is 5.32 Å². The standard InChI is InChI=1S/C13H15NO5/c1-8(2)19-13(18)9-3-5-10(6-4-9)14-11(15)7-12(16)17/h3-6,8H,7H2,1-2H3,(H,14,15)(H,16,17). The molecule has 0 spiro atoms. The van der Waals surface area contributed by atoms with E-state index in [0.717, 1.165) is 0 Å². The van der Waals surface area contributed by atoms with E-state index in [9.17, 15) is 14.4 Å². The number of benzene rings is 1. The van der Waals surface area contributed by atoms with Gasteiger partial charge in [0.2, 0.25) is 5.91 Å². The molecule has 0 unspecified atom stereocenters. The molecule has 0 aromatic heterocycles. The summed E-state index contributed by atoms with van der Waals surface area (Å²) < 4.78 is 5.01. The number of ether oxygens (including phenoxy) is 1. The summed E-state index contributed by atoms with van der Waals surface area (Å²) in [6.45, 7) is 3.50. The Morgan fingerprint density at radius 3 is 2.26 bits per heavy atom. The normalized spacial score (nSPS) is 10.1. The van der Waals surface area contributed by atoms with Gasteiger partial charge in [-0.2, -0.15) is 0 Å². The fraction of sp³-hybridized carbons (Fsp3) is 0.308. The van der Waals surface area contributed by atoms with Gasteiger partial charge in [0.05, 0.1) is 11.7 Å². The molecule has 0 aliphatic rings. The molecule has 0 aliphatic heterocycles. The van der Waals surface area contributed by atoms with Gasteiger partial charge in [0, 0.05) is 5.69 Å². The lowest BCUT2D eigenvalue weighted by molar-refractivity contribution is -0.139. The van der Waals surface area contributed by atoms with Crippen molar-refractivity contribution in [1.82, 2.24) is 0 Å². The van der Waals surface area contributed by atoms with Crippen LogP contribution in [0.5, 0.6) is 0 Å². The van der Waals surface area contributed by atoms with Crippen LogP contribution in [0.1, 0.15) is 30.6 Å². The second kappa shape index (κ2) is 6.53. The summed E-state index contributed by atoms with van der Waals surface area (Å²) in [4.78, 5) is 33.1. The van der Waals surface area contributed by atoms with Gasteiger partial charge in [0.1, 0.15) is 6.42 Å². The molecule has 19 heavy (non-hydrogen) atoms. The third kappa shape index (κ3) is 5.20. The van der Waals surface area contributed by atoms with Crippen LogP contribution in [0, 0.1) is 0 Å². The summed E-state index contributed by atoms with van der Waals surface area (Å²) in [7, 11) is 0. The molecule has 0 saturated carbocycles. The molecule has 1 aromatic carbocycles. The number of carboxylic acid groups (broad SMARTS) is 1. The molecule has 0 bridgehead atoms. The van der Waals surface area contributed by atoms with Crippen molar-refractivity contribution in [2.75, 3.05) is 5.32 Å². The summed E-state index contributed by atoms with van der Waals surface area (Å²) >= 11 is 0. The van der Waals surface area contributed by atoms with Crippen LogP contribution in [0.4, 0.5) is 5.69 Å². The number of hydrogen-bond acceptors (Lipinski definition) is 4. The van der Waals surface area contributed by atoms with Crippen molar-refractivity contribution >= 4 is 23.5 Å². The first-order valence-corrected chi connectivity index (χ1v) is 5.71. The van der Waals surface area contributed by atoms with Gasteiger partial charge in [0.25, 0.3) is 0 Å². The minimum Gasteiger partial charge on any atom is -0.481 e. The van der Waals surface area contributed by atoms with Gasteiger partial charge < -0.3 is 15.2 Å². The van der Waals surface area contributed by atoms with Gasteiger partial charge in [-0.1, -0.05) is 0 Å². The van der Waals surface area contributed by atoms with Crippen molar-refractivity contribution in [2.24, 2.45) is 0 Å². The van der Waals surface area contributed by atoms with E-state index in [1.54, 1.807) is 13.8 Å². The number of amides is 1. The Morgan fingerprint density at radius 1 is 1.21 bits per heavy atom. The molecule has 1 rings (SSSR count). The minimum absolute atomic E-state index is 0.206. The lowest BCUT2D eigenvalue weighted by Gasteiger charge is -2.08. The smallest absolute Gasteiger partial charge is 0.338 e. The van der Waals surface area contributed by atoms with Crippen LogP contribution in [0.15, 0.2) is 24.3 Å². The van der Waals surface area contributed by atoms with Gasteiger partial charge in [-0.15, -0.1) is 0 Å². The number of carbonyl (C=O) groups excluding carboxylic acids is 2. The molecule has 0 heterocycles. The number of hydrogen-bond donors (Lipinski definition) is 2. The molecule has 0 atom stereocenters. The molecule has 6 nitrogen and oxygen atoms in total. The van der Waals surface area contributed by atoms with Crippen molar-refractivity contribution in [3.63, 3.8) is 0 Å². The predicted molar refractivity (Wildman–Crippen MR) is 67.9 cm³/mol. The van der Waals surface area contributed by atoms with E-state index in [1.807, 2.05) is 0 Å². The van der Waals surface area contributed by atoms with E-state index >= 15 is 0 Å². The molecule has 0 radical (unpaired) electrons. The first-order valence-electron chi connectivity index (χ1n) is 5.71. The van der Waals surface area contributed by atoms with Crippen LogP contribution in [-0.4, -0.2) is 29.1 Å². The predicted octanol–water partition coefficient (Wildman–Crippen LogP) is 1.67. The van der Waals surface area contributed by atoms with Crippen LogP contribution in [0.2, 0.25) is 0 Å². The number of nitrogens with one attached hydrogen (secondary N) is 1. The number of rotatable bonds is 5. The highest BCUT2D eigenvalue weighted by Crippen LogP contribution is 2.11. The van der Waals surface area contributed by atoms with E-state index in [0.29, 0.717) is 11.3 Å². The molecular weight excluding hydrogens is 250 g/mol. The lowest BCUT2D eigenvalue weighted by Crippen LogP contribution is -2.16. The van der Waals surface area contributed by atoms with Gasteiger partial charge in [-0.05, 0) is 38.1 Å². The van der Waals surface area contributed by atoms with Crippen molar-refractivity contribution < 1.29 is 24.2 Å². The van der Waals surface area contributed by atoms with Gasteiger partial charge >= 0.3 is 11.9 Å². The number of carboxylic acids is 1. The quantitative estimate of drug-likeness (QED) is 0.624. The summed E-state index contributed by atoms with van der Waals surface area (Å²) in [5, 5.41) is 10.8. The number of carbonyl (C=O) groups is 3. The van der Waals surface area contributed by atoms with Crippen LogP contribution in [0.3, 0.4) is 0 Å². The molecule has 0 fully saturated rings. The minimum atomic E-state index is -1.20. The number of aliphatic carboxylic acids is 1. The molecule has 1 amide bonds. The first kappa shape index (κ1) is 14.7. The van der Waals surface area contributed by atoms with E-state index in [-0.39, 0.29) is 6.10 Å². The van der Waals surface area contributed by atoms with Crippen molar-refractivity contribution in [3.8, 4) is 0 Å². The summed E-state index contributed by atoms with van der Waals surface area (Å²) in [5.41, 5.74) is 0.789. The Morgan fingerprint density at radius 2 is 1.79 bits per heavy atom. The lowest BCUT2D eigenvalue weighted by atomic mass is 10.2. The van der Waals surface area contributed by atoms with Gasteiger partial charge in [-0.3, -0.25) is 9.59 Å². The maximum atomic E-state index is 11.5. The zero-order valence-electron chi connectivity index (χ0n) is 10.7. The van der Waals surface area contributed by atoms with Gasteiger partial charge in [-0.25, -0.2) is 4.79 Å². The highest BCUT2D eigenvalue weighted by atomic mass is 16.5. The van der Waals surface area contributed by atoms with E-state index in [1.165, 1.54) is 24.3 Å². The molecule has 1 aromatic rings. The third-order valence-electron chi connectivity index (χ3n) is 2.06. The highest BCUT2D eigenvalue weighted by molar-refractivity contribution is 6.01. The average Bonchev–Trinajstić information content (AvgIpc) is 2.27. The molecule has 0 aliphatic carbocycles. The maximum Gasteiger partial charge on any atom is 0.338 e. The second-order valence-electron chi connectivity index (χ2n) is 4.15. The van der Waals surface area contributed by atoms with Crippen molar-refractivity contribution in [1.29, 1.82) is 0 Å². The van der Waals surface area contributed by atoms with E-state index in [4.69, 9.17) is 9.84 Å². The van der Waals surface area contributed by atoms with E-state index < -0.39 is 24.3 Å². The third-order valence-corrected chi connectivity index (χ3v) is 2.06. The molecule has 0 saturated heterocycles. The zero-order valence-corrected chi connectivity index (χ0v) is 10.7. The van der Waals surface area contributed by atoms with E-state index in [2.05, 4.69) is 5.32 Å². The fourth-order valence-corrected chi connectivity index (χ4v) is 1.31. The van der Waals surface area contributed by atoms with Crippen LogP contribution in [-0.2, 0) is 14.3 Å². The summed E-state index contributed by atoms with van der Waals surface area (Å²) in [6, 6.07) is 6.02. The Balaban J connectivity index is 2.63. The summed E-state index contributed by atoms with van der Waals surface area (Å²) in [6.07, 6.45) is -0.806. The Labute approximate surface area is 110 Å². The topological polar surface area (TPSA) is 92.7 Å². The number of anilines is 1. The monoisotopic (exact) mass is 265 g/mol. The highest BCUT2D eigenvalue weighted by Gasteiger charge is 2.10. The summed E-state index contributed by atoms with van der Waals surface area (Å²) in [5.74, 6) is -2.27. The molecular formula is C13H15NO5. The second-order valence-corrected chi connectivity index (χ2v) is 4.15. The van der Waals surface area contributed by atoms with Crippen molar-refractivity contribution in [2.45, 2.75) is 26.4 Å². The van der Waals surface area contributed by atoms with Crippen LogP contribution >= 0.6 is 0 Å². The molecule has 6 heteroatoms. The zero-order chi connectivity index (χ0) is 14.4. The SMILES string of the molecule is CC(C)OC(=O)c1ccc(NC(=O)CC(=O)O)cc1. The Hall–Kier alpha value is -2.37. The van der Waals surface area contributed by atoms with Crippen LogP contribution in [0.25, 0.3) is 0 Å². The largest absolute Gasteiger partial charge is 0.481 e. The number of esters is 1. The maximum absolute atomic E-state index is 11.5. The van der Waals surface area contributed by atoms with Crippen molar-refractivity contribution in [3.05, 3.63) is 29.8 Å². The Kier molecular flexibility index (Phi) is 5.05. The first-order chi connectivity index (χ1) is 8.88.